The van der Waals surface area contributed by atoms with E-state index in [-0.39, 0.29) is 0 Å². The molecule has 0 aromatic carbocycles. The van der Waals surface area contributed by atoms with Crippen LogP contribution in [0.15, 0.2) is 0 Å². The van der Waals surface area contributed by atoms with Crippen molar-refractivity contribution in [3.63, 3.8) is 0 Å². The maximum Gasteiger partial charge on any atom is 0.216 e. The van der Waals surface area contributed by atoms with Crippen LogP contribution in [-0.4, -0.2) is 11.4 Å². The summed E-state index contributed by atoms with van der Waals surface area (Å²) in [5, 5.41) is 2.67. The van der Waals surface area contributed by atoms with Gasteiger partial charge in [0.25, 0.3) is 0 Å². The van der Waals surface area contributed by atoms with Crippen LogP contribution in [0, 0.1) is 0 Å². The SMILES string of the molecule is CCCCNP(O)(=S)Cl. The zero-order valence-corrected chi connectivity index (χ0v) is 7.77. The maximum atomic E-state index is 8.82. The van der Waals surface area contributed by atoms with Crippen LogP contribution < -0.4 is 5.09 Å². The molecular weight excluding hydrogens is 177 g/mol. The van der Waals surface area contributed by atoms with Crippen molar-refractivity contribution in [3.05, 3.63) is 0 Å². The van der Waals surface area contributed by atoms with E-state index in [1.807, 2.05) is 0 Å². The molecule has 0 rings (SSSR count). The molecular formula is C4H11ClNOPS. The Hall–Kier alpha value is 0.860. The number of halogens is 1. The van der Waals surface area contributed by atoms with Crippen molar-refractivity contribution in [2.24, 2.45) is 0 Å². The lowest BCUT2D eigenvalue weighted by Gasteiger charge is -2.06. The monoisotopic (exact) mass is 187 g/mol. The number of rotatable bonds is 4. The summed E-state index contributed by atoms with van der Waals surface area (Å²) in [5.41, 5.74) is 0. The Bertz CT molecular complexity index is 115. The fourth-order valence-corrected chi connectivity index (χ4v) is 1.36. The van der Waals surface area contributed by atoms with Gasteiger partial charge in [-0.15, -0.1) is 0 Å². The van der Waals surface area contributed by atoms with Crippen LogP contribution in [0.25, 0.3) is 0 Å². The Balaban J connectivity index is 3.18. The maximum absolute atomic E-state index is 8.82. The second-order valence-corrected chi connectivity index (χ2v) is 6.74. The number of unbranched alkanes of at least 4 members (excludes halogenated alkanes) is 1. The Labute approximate surface area is 65.5 Å². The van der Waals surface area contributed by atoms with Crippen molar-refractivity contribution >= 4 is 28.8 Å². The minimum atomic E-state index is -2.64. The minimum absolute atomic E-state index is 0.716. The smallest absolute Gasteiger partial charge is 0.216 e. The van der Waals surface area contributed by atoms with Gasteiger partial charge in [-0.05, 0) is 29.5 Å². The van der Waals surface area contributed by atoms with Crippen molar-refractivity contribution in [1.82, 2.24) is 5.09 Å². The molecule has 0 bridgehead atoms. The summed E-state index contributed by atoms with van der Waals surface area (Å²) in [4.78, 5) is 8.82. The van der Waals surface area contributed by atoms with E-state index in [0.717, 1.165) is 12.8 Å². The Morgan fingerprint density at radius 2 is 2.33 bits per heavy atom. The molecule has 0 heterocycles. The van der Waals surface area contributed by atoms with Gasteiger partial charge < -0.3 is 4.89 Å². The van der Waals surface area contributed by atoms with Crippen LogP contribution in [0.4, 0.5) is 0 Å². The summed E-state index contributed by atoms with van der Waals surface area (Å²) >= 11 is 9.86. The first-order valence-electron chi connectivity index (χ1n) is 2.84. The number of nitrogens with one attached hydrogen (secondary N) is 1. The van der Waals surface area contributed by atoms with Crippen molar-refractivity contribution in [2.45, 2.75) is 19.8 Å². The first-order chi connectivity index (χ1) is 4.06. The Morgan fingerprint density at radius 3 is 2.67 bits per heavy atom. The van der Waals surface area contributed by atoms with Gasteiger partial charge in [0.1, 0.15) is 0 Å². The van der Waals surface area contributed by atoms with Crippen LogP contribution >= 0.6 is 17.0 Å². The quantitative estimate of drug-likeness (QED) is 0.520. The molecule has 0 aliphatic heterocycles. The standard InChI is InChI=1S/C4H11ClNOPS/c1-2-3-4-6-8(5,7)9/h2-4H2,1H3,(H2,6,7,9). The van der Waals surface area contributed by atoms with Gasteiger partial charge in [-0.3, -0.25) is 5.09 Å². The summed E-state index contributed by atoms with van der Waals surface area (Å²) in [6.45, 7) is 2.78. The van der Waals surface area contributed by atoms with Gasteiger partial charge in [0.2, 0.25) is 5.77 Å². The van der Waals surface area contributed by atoms with E-state index in [2.05, 4.69) is 23.8 Å². The predicted octanol–water partition coefficient (Wildman–Crippen LogP) is 1.83. The molecule has 0 fully saturated rings. The fraction of sp³-hybridized carbons (Fsp3) is 1.00. The fourth-order valence-electron chi connectivity index (χ4n) is 0.394. The van der Waals surface area contributed by atoms with Crippen LogP contribution in [0.2, 0.25) is 0 Å². The van der Waals surface area contributed by atoms with Crippen molar-refractivity contribution < 1.29 is 4.89 Å². The molecule has 0 aliphatic carbocycles. The van der Waals surface area contributed by atoms with Crippen molar-refractivity contribution in [2.75, 3.05) is 6.54 Å². The highest BCUT2D eigenvalue weighted by atomic mass is 35.7. The van der Waals surface area contributed by atoms with E-state index in [1.54, 1.807) is 0 Å². The second kappa shape index (κ2) is 4.64. The van der Waals surface area contributed by atoms with E-state index in [0.29, 0.717) is 6.54 Å². The summed E-state index contributed by atoms with van der Waals surface area (Å²) in [6, 6.07) is 0. The average molecular weight is 188 g/mol. The lowest BCUT2D eigenvalue weighted by atomic mass is 10.3. The van der Waals surface area contributed by atoms with E-state index in [4.69, 9.17) is 16.1 Å². The third-order valence-electron chi connectivity index (χ3n) is 0.837. The normalized spacial score (nSPS) is 17.2. The molecule has 2 nitrogen and oxygen atoms in total. The predicted molar refractivity (Wildman–Crippen MR) is 45.3 cm³/mol. The van der Waals surface area contributed by atoms with Gasteiger partial charge in [-0.25, -0.2) is 0 Å². The highest BCUT2D eigenvalue weighted by molar-refractivity contribution is 8.23. The molecule has 2 N–H and O–H groups in total. The van der Waals surface area contributed by atoms with E-state index in [9.17, 15) is 0 Å². The molecule has 0 saturated carbocycles. The Morgan fingerprint density at radius 1 is 1.78 bits per heavy atom. The topological polar surface area (TPSA) is 32.3 Å². The molecule has 0 spiro atoms. The van der Waals surface area contributed by atoms with Crippen LogP contribution in [0.1, 0.15) is 19.8 Å². The molecule has 0 aromatic heterocycles. The van der Waals surface area contributed by atoms with Gasteiger partial charge in [0.15, 0.2) is 0 Å². The van der Waals surface area contributed by atoms with Gasteiger partial charge in [-0.2, -0.15) is 0 Å². The molecule has 0 amide bonds. The molecule has 56 valence electrons. The zero-order chi connectivity index (χ0) is 7.33. The average Bonchev–Trinajstić information content (AvgIpc) is 1.63. The number of hydrogen-bond acceptors (Lipinski definition) is 1. The van der Waals surface area contributed by atoms with Crippen LogP contribution in [0.5, 0.6) is 0 Å². The molecule has 5 heteroatoms. The third-order valence-corrected chi connectivity index (χ3v) is 2.20. The highest BCUT2D eigenvalue weighted by Gasteiger charge is 2.03. The zero-order valence-electron chi connectivity index (χ0n) is 5.30. The third kappa shape index (κ3) is 8.86. The van der Waals surface area contributed by atoms with Crippen LogP contribution in [0.3, 0.4) is 0 Å². The molecule has 0 saturated heterocycles. The summed E-state index contributed by atoms with van der Waals surface area (Å²) in [5.74, 6) is -2.64. The van der Waals surface area contributed by atoms with Gasteiger partial charge in [0.05, 0.1) is 0 Å². The van der Waals surface area contributed by atoms with Gasteiger partial charge in [-0.1, -0.05) is 13.3 Å². The first kappa shape index (κ1) is 9.86. The van der Waals surface area contributed by atoms with Gasteiger partial charge >= 0.3 is 0 Å². The van der Waals surface area contributed by atoms with E-state index >= 15 is 0 Å². The highest BCUT2D eigenvalue weighted by Crippen LogP contribution is 2.41. The second-order valence-electron chi connectivity index (χ2n) is 1.76. The van der Waals surface area contributed by atoms with E-state index in [1.165, 1.54) is 0 Å². The molecule has 0 aromatic rings. The largest absolute Gasteiger partial charge is 0.343 e. The van der Waals surface area contributed by atoms with Crippen molar-refractivity contribution in [1.29, 1.82) is 0 Å². The van der Waals surface area contributed by atoms with Gasteiger partial charge in [0, 0.05) is 6.54 Å². The summed E-state index contributed by atoms with van der Waals surface area (Å²) < 4.78 is 0. The lowest BCUT2D eigenvalue weighted by Crippen LogP contribution is -2.07. The molecule has 0 radical (unpaired) electrons. The number of hydrogen-bond donors (Lipinski definition) is 2. The Kier molecular flexibility index (Phi) is 5.08. The molecule has 1 unspecified atom stereocenters. The molecule has 1 atom stereocenters. The first-order valence-corrected chi connectivity index (χ1v) is 6.50. The summed E-state index contributed by atoms with van der Waals surface area (Å²) in [7, 11) is 0. The van der Waals surface area contributed by atoms with E-state index < -0.39 is 5.77 Å². The van der Waals surface area contributed by atoms with Crippen molar-refractivity contribution in [3.8, 4) is 0 Å². The molecule has 9 heavy (non-hydrogen) atoms. The minimum Gasteiger partial charge on any atom is -0.343 e. The lowest BCUT2D eigenvalue weighted by molar-refractivity contribution is 0.614. The van der Waals surface area contributed by atoms with Crippen LogP contribution in [-0.2, 0) is 11.8 Å². The summed E-state index contributed by atoms with van der Waals surface area (Å²) in [6.07, 6.45) is 2.09. The molecule has 0 aliphatic rings.